The highest BCUT2D eigenvalue weighted by atomic mass is 16.5. The summed E-state index contributed by atoms with van der Waals surface area (Å²) in [5.41, 5.74) is 3.81. The Bertz CT molecular complexity index is 394. The Morgan fingerprint density at radius 3 is 2.31 bits per heavy atom. The highest BCUT2D eigenvalue weighted by molar-refractivity contribution is 5.92. The monoisotopic (exact) mass is 218 g/mol. The normalized spacial score (nSPS) is 10.8. The van der Waals surface area contributed by atoms with Crippen LogP contribution in [-0.2, 0) is 4.74 Å². The van der Waals surface area contributed by atoms with Crippen LogP contribution in [0.15, 0.2) is 24.3 Å². The molecule has 0 bridgehead atoms. The van der Waals surface area contributed by atoms with E-state index in [4.69, 9.17) is 4.74 Å². The summed E-state index contributed by atoms with van der Waals surface area (Å²) in [5, 5.41) is 0. The van der Waals surface area contributed by atoms with Crippen LogP contribution >= 0.6 is 0 Å². The summed E-state index contributed by atoms with van der Waals surface area (Å²) in [5.74, 6) is -0.242. The maximum atomic E-state index is 11.8. The number of benzene rings is 1. The van der Waals surface area contributed by atoms with Crippen LogP contribution in [0.2, 0.25) is 0 Å². The second-order valence-corrected chi connectivity index (χ2v) is 3.94. The molecular weight excluding hydrogens is 200 g/mol. The van der Waals surface area contributed by atoms with Crippen LogP contribution in [0.25, 0.3) is 0 Å². The van der Waals surface area contributed by atoms with Gasteiger partial charge in [0.25, 0.3) is 0 Å². The Labute approximate surface area is 96.9 Å². The Kier molecular flexibility index (Phi) is 4.29. The van der Waals surface area contributed by atoms with E-state index in [0.29, 0.717) is 12.2 Å². The molecule has 1 rings (SSSR count). The molecule has 0 radical (unpaired) electrons. The molecule has 0 saturated heterocycles. The predicted molar refractivity (Wildman–Crippen MR) is 65.7 cm³/mol. The number of esters is 1. The van der Waals surface area contributed by atoms with Crippen molar-refractivity contribution in [2.75, 3.05) is 6.61 Å². The number of hydrogen-bond donors (Lipinski definition) is 0. The zero-order valence-electron chi connectivity index (χ0n) is 10.3. The minimum absolute atomic E-state index is 0.242. The fourth-order valence-electron chi connectivity index (χ4n) is 1.79. The second-order valence-electron chi connectivity index (χ2n) is 3.94. The SMILES string of the molecule is CC=CCOC(=O)c1c(C)cc(C)cc1C. The van der Waals surface area contributed by atoms with Gasteiger partial charge < -0.3 is 4.74 Å². The lowest BCUT2D eigenvalue weighted by atomic mass is 10.00. The second kappa shape index (κ2) is 5.50. The van der Waals surface area contributed by atoms with Crippen molar-refractivity contribution in [1.29, 1.82) is 0 Å². The molecular formula is C14H18O2. The zero-order chi connectivity index (χ0) is 12.1. The molecule has 86 valence electrons. The van der Waals surface area contributed by atoms with Gasteiger partial charge in [-0.25, -0.2) is 4.79 Å². The molecule has 2 heteroatoms. The van der Waals surface area contributed by atoms with E-state index in [1.165, 1.54) is 5.56 Å². The van der Waals surface area contributed by atoms with Crippen molar-refractivity contribution >= 4 is 5.97 Å². The minimum atomic E-state index is -0.242. The van der Waals surface area contributed by atoms with Crippen LogP contribution in [0.1, 0.15) is 34.0 Å². The Hall–Kier alpha value is -1.57. The van der Waals surface area contributed by atoms with Gasteiger partial charge in [0.2, 0.25) is 0 Å². The number of allylic oxidation sites excluding steroid dienone is 1. The molecule has 0 N–H and O–H groups in total. The molecule has 0 aliphatic heterocycles. The van der Waals surface area contributed by atoms with Crippen LogP contribution in [-0.4, -0.2) is 12.6 Å². The summed E-state index contributed by atoms with van der Waals surface area (Å²) in [4.78, 5) is 11.8. The first kappa shape index (κ1) is 12.5. The summed E-state index contributed by atoms with van der Waals surface area (Å²) in [6, 6.07) is 4.00. The lowest BCUT2D eigenvalue weighted by Gasteiger charge is -2.09. The van der Waals surface area contributed by atoms with Gasteiger partial charge in [0.1, 0.15) is 6.61 Å². The quantitative estimate of drug-likeness (QED) is 0.574. The minimum Gasteiger partial charge on any atom is -0.458 e. The third-order valence-corrected chi connectivity index (χ3v) is 2.43. The molecule has 0 unspecified atom stereocenters. The molecule has 1 aromatic carbocycles. The first-order valence-electron chi connectivity index (χ1n) is 5.42. The van der Waals surface area contributed by atoms with Crippen molar-refractivity contribution in [2.45, 2.75) is 27.7 Å². The first-order valence-corrected chi connectivity index (χ1v) is 5.42. The number of aryl methyl sites for hydroxylation is 3. The van der Waals surface area contributed by atoms with Crippen molar-refractivity contribution in [3.05, 3.63) is 46.5 Å². The van der Waals surface area contributed by atoms with Gasteiger partial charge in [-0.1, -0.05) is 29.8 Å². The largest absolute Gasteiger partial charge is 0.458 e. The Morgan fingerprint density at radius 1 is 1.25 bits per heavy atom. The number of hydrogen-bond acceptors (Lipinski definition) is 2. The van der Waals surface area contributed by atoms with Gasteiger partial charge in [0.05, 0.1) is 5.56 Å². The standard InChI is InChI=1S/C14H18O2/c1-5-6-7-16-14(15)13-11(3)8-10(2)9-12(13)4/h5-6,8-9H,7H2,1-4H3. The van der Waals surface area contributed by atoms with Gasteiger partial charge in [-0.3, -0.25) is 0 Å². The average Bonchev–Trinajstić information content (AvgIpc) is 2.16. The number of carbonyl (C=O) groups is 1. The third kappa shape index (κ3) is 2.96. The molecule has 0 fully saturated rings. The zero-order valence-corrected chi connectivity index (χ0v) is 10.3. The lowest BCUT2D eigenvalue weighted by molar-refractivity contribution is 0.0548. The van der Waals surface area contributed by atoms with Crippen molar-refractivity contribution in [3.63, 3.8) is 0 Å². The molecule has 0 aliphatic carbocycles. The number of rotatable bonds is 3. The van der Waals surface area contributed by atoms with Crippen LogP contribution in [0.4, 0.5) is 0 Å². The summed E-state index contributed by atoms with van der Waals surface area (Å²) in [7, 11) is 0. The van der Waals surface area contributed by atoms with E-state index in [9.17, 15) is 4.79 Å². The van der Waals surface area contributed by atoms with E-state index in [1.807, 2.05) is 52.0 Å². The van der Waals surface area contributed by atoms with E-state index in [2.05, 4.69) is 0 Å². The molecule has 0 atom stereocenters. The van der Waals surface area contributed by atoms with Crippen LogP contribution < -0.4 is 0 Å². The van der Waals surface area contributed by atoms with Gasteiger partial charge in [0, 0.05) is 0 Å². The van der Waals surface area contributed by atoms with Crippen LogP contribution in [0.3, 0.4) is 0 Å². The van der Waals surface area contributed by atoms with Gasteiger partial charge in [-0.2, -0.15) is 0 Å². The maximum Gasteiger partial charge on any atom is 0.338 e. The van der Waals surface area contributed by atoms with Crippen LogP contribution in [0, 0.1) is 20.8 Å². The number of carbonyl (C=O) groups excluding carboxylic acids is 1. The predicted octanol–water partition coefficient (Wildman–Crippen LogP) is 3.34. The third-order valence-electron chi connectivity index (χ3n) is 2.43. The van der Waals surface area contributed by atoms with Crippen LogP contribution in [0.5, 0.6) is 0 Å². The highest BCUT2D eigenvalue weighted by Gasteiger charge is 2.13. The molecule has 0 saturated carbocycles. The van der Waals surface area contributed by atoms with Gasteiger partial charge in [-0.05, 0) is 38.8 Å². The van der Waals surface area contributed by atoms with Crippen molar-refractivity contribution in [1.82, 2.24) is 0 Å². The smallest absolute Gasteiger partial charge is 0.338 e. The Morgan fingerprint density at radius 2 is 1.81 bits per heavy atom. The summed E-state index contributed by atoms with van der Waals surface area (Å²) < 4.78 is 5.14. The molecule has 0 aromatic heterocycles. The molecule has 0 heterocycles. The Balaban J connectivity index is 2.91. The van der Waals surface area contributed by atoms with E-state index in [0.717, 1.165) is 11.1 Å². The van der Waals surface area contributed by atoms with Gasteiger partial charge >= 0.3 is 5.97 Å². The van der Waals surface area contributed by atoms with E-state index in [1.54, 1.807) is 0 Å². The highest BCUT2D eigenvalue weighted by Crippen LogP contribution is 2.17. The fourth-order valence-corrected chi connectivity index (χ4v) is 1.79. The molecule has 0 aliphatic rings. The molecule has 0 spiro atoms. The number of ether oxygens (including phenoxy) is 1. The maximum absolute atomic E-state index is 11.8. The topological polar surface area (TPSA) is 26.3 Å². The van der Waals surface area contributed by atoms with Crippen molar-refractivity contribution < 1.29 is 9.53 Å². The molecule has 2 nitrogen and oxygen atoms in total. The summed E-state index contributed by atoms with van der Waals surface area (Å²) >= 11 is 0. The summed E-state index contributed by atoms with van der Waals surface area (Å²) in [6.45, 7) is 8.13. The first-order chi connectivity index (χ1) is 7.56. The van der Waals surface area contributed by atoms with E-state index in [-0.39, 0.29) is 5.97 Å². The van der Waals surface area contributed by atoms with Gasteiger partial charge in [-0.15, -0.1) is 0 Å². The van der Waals surface area contributed by atoms with Crippen molar-refractivity contribution in [2.24, 2.45) is 0 Å². The van der Waals surface area contributed by atoms with E-state index >= 15 is 0 Å². The molecule has 0 amide bonds. The summed E-state index contributed by atoms with van der Waals surface area (Å²) in [6.07, 6.45) is 3.68. The van der Waals surface area contributed by atoms with Gasteiger partial charge in [0.15, 0.2) is 0 Å². The average molecular weight is 218 g/mol. The molecule has 1 aromatic rings. The fraction of sp³-hybridized carbons (Fsp3) is 0.357. The van der Waals surface area contributed by atoms with E-state index < -0.39 is 0 Å². The lowest BCUT2D eigenvalue weighted by Crippen LogP contribution is -2.09. The van der Waals surface area contributed by atoms with Crippen molar-refractivity contribution in [3.8, 4) is 0 Å². The molecule has 16 heavy (non-hydrogen) atoms.